The van der Waals surface area contributed by atoms with E-state index in [9.17, 15) is 9.59 Å². The fraction of sp³-hybridized carbons (Fsp3) is 0.471. The SMILES string of the molecule is O=c1c(NCCCN2CCOCC2)c(NCc2ccccn2)c1=O. The Morgan fingerprint density at radius 3 is 2.54 bits per heavy atom. The summed E-state index contributed by atoms with van der Waals surface area (Å²) in [5, 5.41) is 6.11. The first-order valence-corrected chi connectivity index (χ1v) is 8.27. The van der Waals surface area contributed by atoms with Crippen molar-refractivity contribution in [2.45, 2.75) is 13.0 Å². The van der Waals surface area contributed by atoms with E-state index in [0.29, 0.717) is 24.5 Å². The Morgan fingerprint density at radius 1 is 1.08 bits per heavy atom. The minimum absolute atomic E-state index is 0.372. The number of aromatic nitrogens is 1. The third-order valence-corrected chi connectivity index (χ3v) is 4.14. The lowest BCUT2D eigenvalue weighted by Gasteiger charge is -2.26. The highest BCUT2D eigenvalue weighted by Crippen LogP contribution is 2.15. The van der Waals surface area contributed by atoms with Gasteiger partial charge in [-0.25, -0.2) is 0 Å². The molecule has 0 bridgehead atoms. The van der Waals surface area contributed by atoms with Crippen molar-refractivity contribution in [2.75, 3.05) is 50.0 Å². The zero-order valence-corrected chi connectivity index (χ0v) is 13.6. The number of nitrogens with one attached hydrogen (secondary N) is 2. The van der Waals surface area contributed by atoms with Crippen molar-refractivity contribution in [3.63, 3.8) is 0 Å². The fourth-order valence-corrected chi connectivity index (χ4v) is 2.75. The van der Waals surface area contributed by atoms with Gasteiger partial charge in [-0.3, -0.25) is 19.5 Å². The molecule has 0 unspecified atom stereocenters. The van der Waals surface area contributed by atoms with E-state index >= 15 is 0 Å². The van der Waals surface area contributed by atoms with Crippen LogP contribution in [0.1, 0.15) is 12.1 Å². The summed E-state index contributed by atoms with van der Waals surface area (Å²) in [4.78, 5) is 30.0. The van der Waals surface area contributed by atoms with Gasteiger partial charge >= 0.3 is 0 Å². The maximum Gasteiger partial charge on any atom is 0.253 e. The van der Waals surface area contributed by atoms with E-state index in [0.717, 1.165) is 45.0 Å². The number of morpholine rings is 1. The molecule has 0 radical (unpaired) electrons. The van der Waals surface area contributed by atoms with Gasteiger partial charge < -0.3 is 15.4 Å². The predicted octanol–water partition coefficient (Wildman–Crippen LogP) is 0.424. The molecule has 0 saturated carbocycles. The van der Waals surface area contributed by atoms with Crippen molar-refractivity contribution in [3.8, 4) is 0 Å². The number of ether oxygens (including phenoxy) is 1. The topological polar surface area (TPSA) is 83.6 Å². The first-order valence-electron chi connectivity index (χ1n) is 8.27. The molecule has 0 atom stereocenters. The van der Waals surface area contributed by atoms with Crippen LogP contribution in [0.2, 0.25) is 0 Å². The molecule has 2 heterocycles. The molecule has 3 rings (SSSR count). The molecule has 1 aromatic heterocycles. The second-order valence-corrected chi connectivity index (χ2v) is 5.82. The molecule has 0 amide bonds. The van der Waals surface area contributed by atoms with Crippen molar-refractivity contribution in [2.24, 2.45) is 0 Å². The summed E-state index contributed by atoms with van der Waals surface area (Å²) in [6.45, 7) is 5.53. The predicted molar refractivity (Wildman–Crippen MR) is 93.3 cm³/mol. The molecule has 1 aliphatic heterocycles. The van der Waals surface area contributed by atoms with Gasteiger partial charge in [0.05, 0.1) is 25.5 Å². The molecule has 24 heavy (non-hydrogen) atoms. The van der Waals surface area contributed by atoms with Gasteiger partial charge in [-0.05, 0) is 25.1 Å². The average molecular weight is 330 g/mol. The van der Waals surface area contributed by atoms with Gasteiger partial charge in [0.2, 0.25) is 0 Å². The van der Waals surface area contributed by atoms with Gasteiger partial charge in [-0.15, -0.1) is 0 Å². The molecular formula is C17H22N4O3. The minimum atomic E-state index is -0.457. The summed E-state index contributed by atoms with van der Waals surface area (Å²) in [5.74, 6) is 0. The highest BCUT2D eigenvalue weighted by molar-refractivity contribution is 5.73. The van der Waals surface area contributed by atoms with Gasteiger partial charge in [0.15, 0.2) is 0 Å². The zero-order chi connectivity index (χ0) is 16.8. The van der Waals surface area contributed by atoms with Gasteiger partial charge in [0.1, 0.15) is 11.4 Å². The largest absolute Gasteiger partial charge is 0.380 e. The smallest absolute Gasteiger partial charge is 0.253 e. The van der Waals surface area contributed by atoms with Crippen LogP contribution in [0.15, 0.2) is 34.0 Å². The van der Waals surface area contributed by atoms with Crippen molar-refractivity contribution < 1.29 is 4.74 Å². The average Bonchev–Trinajstić information content (AvgIpc) is 2.64. The van der Waals surface area contributed by atoms with Gasteiger partial charge in [-0.2, -0.15) is 0 Å². The van der Waals surface area contributed by atoms with Crippen LogP contribution in [0.25, 0.3) is 0 Å². The summed E-state index contributed by atoms with van der Waals surface area (Å²) in [5.41, 5.74) is 0.699. The molecule has 0 spiro atoms. The number of hydrogen-bond acceptors (Lipinski definition) is 7. The van der Waals surface area contributed by atoms with Crippen molar-refractivity contribution in [1.82, 2.24) is 9.88 Å². The molecule has 2 aromatic rings. The minimum Gasteiger partial charge on any atom is -0.380 e. The lowest BCUT2D eigenvalue weighted by atomic mass is 10.2. The Kier molecular flexibility index (Phi) is 5.55. The number of hydrogen-bond donors (Lipinski definition) is 2. The van der Waals surface area contributed by atoms with E-state index in [1.807, 2.05) is 18.2 Å². The standard InChI is InChI=1S/C17H22N4O3/c22-16-14(19-6-3-7-21-8-10-24-11-9-21)15(17(16)23)20-12-13-4-1-2-5-18-13/h1-2,4-5,19-20H,3,6-12H2. The molecule has 0 aliphatic carbocycles. The van der Waals surface area contributed by atoms with Gasteiger partial charge in [0, 0.05) is 25.8 Å². The van der Waals surface area contributed by atoms with Crippen molar-refractivity contribution >= 4 is 11.4 Å². The van der Waals surface area contributed by atoms with Crippen LogP contribution in [0.3, 0.4) is 0 Å². The van der Waals surface area contributed by atoms with E-state index in [1.54, 1.807) is 6.20 Å². The first-order chi connectivity index (χ1) is 11.8. The van der Waals surface area contributed by atoms with Crippen LogP contribution in [0, 0.1) is 0 Å². The lowest BCUT2D eigenvalue weighted by molar-refractivity contribution is 0.0378. The van der Waals surface area contributed by atoms with E-state index in [2.05, 4.69) is 20.5 Å². The van der Waals surface area contributed by atoms with Crippen LogP contribution >= 0.6 is 0 Å². The summed E-state index contributed by atoms with van der Waals surface area (Å²) >= 11 is 0. The number of anilines is 2. The van der Waals surface area contributed by atoms with Crippen LogP contribution in [-0.4, -0.2) is 49.3 Å². The van der Waals surface area contributed by atoms with E-state index in [4.69, 9.17) is 4.74 Å². The second-order valence-electron chi connectivity index (χ2n) is 5.82. The molecule has 128 valence electrons. The number of rotatable bonds is 8. The Balaban J connectivity index is 1.46. The van der Waals surface area contributed by atoms with E-state index in [1.165, 1.54) is 0 Å². The summed E-state index contributed by atoms with van der Waals surface area (Å²) < 4.78 is 5.31. The third kappa shape index (κ3) is 3.98. The van der Waals surface area contributed by atoms with E-state index < -0.39 is 10.9 Å². The summed E-state index contributed by atoms with van der Waals surface area (Å²) in [7, 11) is 0. The highest BCUT2D eigenvalue weighted by atomic mass is 16.5. The first kappa shape index (κ1) is 16.6. The lowest BCUT2D eigenvalue weighted by Crippen LogP contribution is -2.39. The molecule has 1 aromatic carbocycles. The molecule has 1 fully saturated rings. The molecule has 7 nitrogen and oxygen atoms in total. The maximum absolute atomic E-state index is 11.7. The zero-order valence-electron chi connectivity index (χ0n) is 13.6. The highest BCUT2D eigenvalue weighted by Gasteiger charge is 2.20. The number of nitrogens with zero attached hydrogens (tertiary/aromatic N) is 2. The number of pyridine rings is 1. The molecule has 1 aliphatic rings. The molecule has 1 saturated heterocycles. The van der Waals surface area contributed by atoms with Gasteiger partial charge in [-0.1, -0.05) is 6.07 Å². The monoisotopic (exact) mass is 330 g/mol. The van der Waals surface area contributed by atoms with Crippen molar-refractivity contribution in [3.05, 3.63) is 50.5 Å². The Morgan fingerprint density at radius 2 is 1.83 bits per heavy atom. The van der Waals surface area contributed by atoms with Gasteiger partial charge in [0.25, 0.3) is 10.9 Å². The summed E-state index contributed by atoms with van der Waals surface area (Å²) in [6.07, 6.45) is 2.61. The molecular weight excluding hydrogens is 308 g/mol. The maximum atomic E-state index is 11.7. The van der Waals surface area contributed by atoms with E-state index in [-0.39, 0.29) is 0 Å². The van der Waals surface area contributed by atoms with Crippen LogP contribution in [-0.2, 0) is 11.3 Å². The van der Waals surface area contributed by atoms with Crippen molar-refractivity contribution in [1.29, 1.82) is 0 Å². The van der Waals surface area contributed by atoms with Crippen LogP contribution in [0.4, 0.5) is 11.4 Å². The Labute approximate surface area is 140 Å². The molecule has 7 heteroatoms. The Hall–Kier alpha value is -2.25. The van der Waals surface area contributed by atoms with Crippen LogP contribution < -0.4 is 21.5 Å². The molecule has 2 N–H and O–H groups in total. The third-order valence-electron chi connectivity index (χ3n) is 4.14. The summed E-state index contributed by atoms with van der Waals surface area (Å²) in [6, 6.07) is 5.59. The fourth-order valence-electron chi connectivity index (χ4n) is 2.75. The van der Waals surface area contributed by atoms with Crippen LogP contribution in [0.5, 0.6) is 0 Å². The Bertz CT molecular complexity index is 719. The second kappa shape index (κ2) is 8.03. The normalized spacial score (nSPS) is 15.5. The quantitative estimate of drug-likeness (QED) is 0.536.